The molecule has 0 radical (unpaired) electrons. The fourth-order valence-electron chi connectivity index (χ4n) is 3.05. The van der Waals surface area contributed by atoms with Gasteiger partial charge < -0.3 is 24.4 Å². The second kappa shape index (κ2) is 14.3. The van der Waals surface area contributed by atoms with E-state index in [0.29, 0.717) is 36.4 Å². The standard InChI is InChI=1S/C24H28BrNO7/c1-2-31-21(5-3-4-6-22(28)29)23(17-7-13-20(14-8-17)32-16-15-27)33-24(30)26-19-11-9-18(25)10-12-19/h4,6-14,21,23,27H,2-3,5,15-16H2,1H3,(H,26,30)(H,28,29)/b6-4+/t21-,23-/m0/s1. The topological polar surface area (TPSA) is 114 Å². The molecule has 3 N–H and O–H groups in total. The van der Waals surface area contributed by atoms with E-state index in [0.717, 1.165) is 10.5 Å². The fraction of sp³-hybridized carbons (Fsp3) is 0.333. The molecule has 9 heteroatoms. The van der Waals surface area contributed by atoms with Crippen LogP contribution < -0.4 is 10.1 Å². The number of aliphatic hydroxyl groups excluding tert-OH is 1. The molecule has 0 bridgehead atoms. The highest BCUT2D eigenvalue weighted by Crippen LogP contribution is 2.29. The number of allylic oxidation sites excluding steroid dienone is 1. The lowest BCUT2D eigenvalue weighted by atomic mass is 10.00. The number of carboxylic acid groups (broad SMARTS) is 1. The molecule has 0 unspecified atom stereocenters. The normalized spacial score (nSPS) is 12.8. The Morgan fingerprint density at radius 1 is 1.12 bits per heavy atom. The first-order chi connectivity index (χ1) is 15.9. The first kappa shape index (κ1) is 26.4. The van der Waals surface area contributed by atoms with Crippen LogP contribution in [0.15, 0.2) is 65.2 Å². The lowest BCUT2D eigenvalue weighted by molar-refractivity contribution is -0.131. The van der Waals surface area contributed by atoms with Gasteiger partial charge in [0.25, 0.3) is 0 Å². The first-order valence-corrected chi connectivity index (χ1v) is 11.3. The van der Waals surface area contributed by atoms with Crippen LogP contribution in [-0.4, -0.2) is 48.2 Å². The van der Waals surface area contributed by atoms with Crippen LogP contribution in [0, 0.1) is 0 Å². The molecule has 0 spiro atoms. The second-order valence-electron chi connectivity index (χ2n) is 6.91. The van der Waals surface area contributed by atoms with E-state index in [4.69, 9.17) is 24.4 Å². The quantitative estimate of drug-likeness (QED) is 0.320. The highest BCUT2D eigenvalue weighted by molar-refractivity contribution is 9.10. The third kappa shape index (κ3) is 9.65. The van der Waals surface area contributed by atoms with E-state index in [-0.39, 0.29) is 13.2 Å². The summed E-state index contributed by atoms with van der Waals surface area (Å²) in [6.07, 6.45) is 1.60. The van der Waals surface area contributed by atoms with Crippen molar-refractivity contribution >= 4 is 33.7 Å². The lowest BCUT2D eigenvalue weighted by Crippen LogP contribution is -2.29. The smallest absolute Gasteiger partial charge is 0.412 e. The van der Waals surface area contributed by atoms with Gasteiger partial charge in [0.15, 0.2) is 6.10 Å². The highest BCUT2D eigenvalue weighted by atomic mass is 79.9. The van der Waals surface area contributed by atoms with Crippen LogP contribution in [-0.2, 0) is 14.3 Å². The number of hydrogen-bond donors (Lipinski definition) is 3. The number of halogens is 1. The second-order valence-corrected chi connectivity index (χ2v) is 7.83. The zero-order valence-corrected chi connectivity index (χ0v) is 19.9. The first-order valence-electron chi connectivity index (χ1n) is 10.5. The molecule has 1 amide bonds. The average molecular weight is 522 g/mol. The van der Waals surface area contributed by atoms with Gasteiger partial charge in [0.05, 0.1) is 12.7 Å². The number of benzene rings is 2. The molecule has 0 heterocycles. The van der Waals surface area contributed by atoms with Crippen molar-refractivity contribution in [1.82, 2.24) is 0 Å². The van der Waals surface area contributed by atoms with Crippen LogP contribution in [0.5, 0.6) is 5.75 Å². The van der Waals surface area contributed by atoms with Crippen molar-refractivity contribution < 1.29 is 34.0 Å². The van der Waals surface area contributed by atoms with Gasteiger partial charge in [0, 0.05) is 22.8 Å². The van der Waals surface area contributed by atoms with Crippen molar-refractivity contribution in [3.05, 3.63) is 70.7 Å². The third-order valence-corrected chi connectivity index (χ3v) is 5.02. The van der Waals surface area contributed by atoms with Gasteiger partial charge in [-0.25, -0.2) is 9.59 Å². The van der Waals surface area contributed by atoms with Gasteiger partial charge in [0.2, 0.25) is 0 Å². The fourth-order valence-corrected chi connectivity index (χ4v) is 3.32. The maximum Gasteiger partial charge on any atom is 0.412 e. The van der Waals surface area contributed by atoms with E-state index in [1.54, 1.807) is 54.6 Å². The van der Waals surface area contributed by atoms with E-state index in [9.17, 15) is 9.59 Å². The van der Waals surface area contributed by atoms with Gasteiger partial charge in [-0.05, 0) is 61.7 Å². The molecule has 0 saturated carbocycles. The van der Waals surface area contributed by atoms with Crippen LogP contribution in [0.3, 0.4) is 0 Å². The number of anilines is 1. The van der Waals surface area contributed by atoms with Crippen LogP contribution in [0.2, 0.25) is 0 Å². The van der Waals surface area contributed by atoms with Gasteiger partial charge in [-0.1, -0.05) is 34.1 Å². The monoisotopic (exact) mass is 521 g/mol. The Morgan fingerprint density at radius 3 is 2.42 bits per heavy atom. The van der Waals surface area contributed by atoms with Crippen LogP contribution in [0.25, 0.3) is 0 Å². The van der Waals surface area contributed by atoms with E-state index >= 15 is 0 Å². The van der Waals surface area contributed by atoms with Gasteiger partial charge >= 0.3 is 12.1 Å². The van der Waals surface area contributed by atoms with E-state index in [1.165, 1.54) is 0 Å². The van der Waals surface area contributed by atoms with E-state index < -0.39 is 24.3 Å². The summed E-state index contributed by atoms with van der Waals surface area (Å²) in [6, 6.07) is 14.1. The van der Waals surface area contributed by atoms with E-state index in [1.807, 2.05) is 6.92 Å². The zero-order chi connectivity index (χ0) is 24.1. The van der Waals surface area contributed by atoms with E-state index in [2.05, 4.69) is 21.2 Å². The van der Waals surface area contributed by atoms with Crippen molar-refractivity contribution in [2.75, 3.05) is 25.1 Å². The Labute approximate surface area is 201 Å². The number of aliphatic hydroxyl groups is 1. The number of carbonyl (C=O) groups is 2. The number of nitrogens with one attached hydrogen (secondary N) is 1. The number of aliphatic carboxylic acids is 1. The average Bonchev–Trinajstić information content (AvgIpc) is 2.80. The molecule has 2 aromatic carbocycles. The van der Waals surface area contributed by atoms with Gasteiger partial charge in [-0.3, -0.25) is 5.32 Å². The number of ether oxygens (including phenoxy) is 3. The number of carbonyl (C=O) groups excluding carboxylic acids is 1. The van der Waals surface area contributed by atoms with Crippen molar-refractivity contribution in [2.24, 2.45) is 0 Å². The molecule has 2 atom stereocenters. The summed E-state index contributed by atoms with van der Waals surface area (Å²) in [7, 11) is 0. The Bertz CT molecular complexity index is 900. The Morgan fingerprint density at radius 2 is 1.82 bits per heavy atom. The summed E-state index contributed by atoms with van der Waals surface area (Å²) in [5.41, 5.74) is 1.27. The predicted octanol–water partition coefficient (Wildman–Crippen LogP) is 4.94. The minimum absolute atomic E-state index is 0.0972. The lowest BCUT2D eigenvalue weighted by Gasteiger charge is -2.27. The summed E-state index contributed by atoms with van der Waals surface area (Å²) in [5, 5.41) is 20.4. The minimum atomic E-state index is -1.02. The van der Waals surface area contributed by atoms with Crippen LogP contribution in [0.4, 0.5) is 10.5 Å². The van der Waals surface area contributed by atoms with Crippen molar-refractivity contribution in [3.63, 3.8) is 0 Å². The molecule has 8 nitrogen and oxygen atoms in total. The van der Waals surface area contributed by atoms with Crippen molar-refractivity contribution in [2.45, 2.75) is 32.0 Å². The molecule has 0 aliphatic rings. The maximum absolute atomic E-state index is 12.7. The molecule has 2 rings (SSSR count). The SMILES string of the molecule is CCO[C@@H](CC/C=C/C(=O)O)[C@@H](OC(=O)Nc1ccc(Br)cc1)c1ccc(OCCO)cc1. The molecular weight excluding hydrogens is 494 g/mol. The summed E-state index contributed by atoms with van der Waals surface area (Å²) in [4.78, 5) is 23.4. The molecule has 0 saturated heterocycles. The summed E-state index contributed by atoms with van der Waals surface area (Å²) in [6.45, 7) is 2.30. The van der Waals surface area contributed by atoms with Gasteiger partial charge in [-0.15, -0.1) is 0 Å². The summed E-state index contributed by atoms with van der Waals surface area (Å²) >= 11 is 3.35. The molecule has 178 valence electrons. The van der Waals surface area contributed by atoms with Gasteiger partial charge in [0.1, 0.15) is 12.4 Å². The van der Waals surface area contributed by atoms with Gasteiger partial charge in [-0.2, -0.15) is 0 Å². The van der Waals surface area contributed by atoms with Crippen molar-refractivity contribution in [1.29, 1.82) is 0 Å². The zero-order valence-electron chi connectivity index (χ0n) is 18.3. The number of rotatable bonds is 13. The molecule has 0 aliphatic heterocycles. The molecular formula is C24H28BrNO7. The number of amides is 1. The Hall–Kier alpha value is -2.88. The van der Waals surface area contributed by atoms with Crippen LogP contribution >= 0.6 is 15.9 Å². The minimum Gasteiger partial charge on any atom is -0.491 e. The highest BCUT2D eigenvalue weighted by Gasteiger charge is 2.27. The van der Waals surface area contributed by atoms with Crippen molar-refractivity contribution in [3.8, 4) is 5.75 Å². The third-order valence-electron chi connectivity index (χ3n) is 4.49. The molecule has 0 fully saturated rings. The summed E-state index contributed by atoms with van der Waals surface area (Å²) in [5.74, 6) is -0.452. The Balaban J connectivity index is 2.21. The Kier molecular flexibility index (Phi) is 11.4. The predicted molar refractivity (Wildman–Crippen MR) is 127 cm³/mol. The maximum atomic E-state index is 12.7. The molecule has 2 aromatic rings. The molecule has 33 heavy (non-hydrogen) atoms. The largest absolute Gasteiger partial charge is 0.491 e. The summed E-state index contributed by atoms with van der Waals surface area (Å²) < 4.78 is 17.9. The van der Waals surface area contributed by atoms with Crippen LogP contribution in [0.1, 0.15) is 31.4 Å². The molecule has 0 aliphatic carbocycles. The number of hydrogen-bond acceptors (Lipinski definition) is 6. The molecule has 0 aromatic heterocycles. The number of carboxylic acids is 1.